The zero-order valence-corrected chi connectivity index (χ0v) is 20.6. The second kappa shape index (κ2) is 8.48. The van der Waals surface area contributed by atoms with Crippen LogP contribution in [0.3, 0.4) is 0 Å². The number of hydrogen-bond donors (Lipinski definition) is 1. The van der Waals surface area contributed by atoms with Gasteiger partial charge in [0.25, 0.3) is 11.8 Å². The van der Waals surface area contributed by atoms with E-state index in [9.17, 15) is 9.59 Å². The fourth-order valence-corrected chi connectivity index (χ4v) is 4.68. The quantitative estimate of drug-likeness (QED) is 0.297. The lowest BCUT2D eigenvalue weighted by Crippen LogP contribution is -2.54. The Balaban J connectivity index is 1.81. The number of nitrogens with one attached hydrogen (secondary N) is 1. The molecule has 0 radical (unpaired) electrons. The summed E-state index contributed by atoms with van der Waals surface area (Å²) in [5, 5.41) is 2.76. The van der Waals surface area contributed by atoms with Gasteiger partial charge in [0.15, 0.2) is 5.11 Å². The normalized spacial score (nSPS) is 15.5. The Hall–Kier alpha value is -3.03. The third-order valence-electron chi connectivity index (χ3n) is 5.78. The molecule has 2 heterocycles. The maximum atomic E-state index is 13.4. The van der Waals surface area contributed by atoms with Gasteiger partial charge in [0.1, 0.15) is 5.57 Å². The van der Waals surface area contributed by atoms with Gasteiger partial charge in [-0.25, -0.2) is 0 Å². The highest BCUT2D eigenvalue weighted by molar-refractivity contribution is 9.10. The Bertz CT molecular complexity index is 1320. The first kappa shape index (κ1) is 22.2. The van der Waals surface area contributed by atoms with E-state index >= 15 is 0 Å². The van der Waals surface area contributed by atoms with Crippen molar-refractivity contribution < 1.29 is 9.59 Å². The van der Waals surface area contributed by atoms with Gasteiger partial charge in [0, 0.05) is 15.9 Å². The number of halogens is 1. The van der Waals surface area contributed by atoms with Crippen molar-refractivity contribution in [1.82, 2.24) is 9.88 Å². The van der Waals surface area contributed by atoms with E-state index in [0.717, 1.165) is 38.2 Å². The van der Waals surface area contributed by atoms with Crippen LogP contribution in [0.25, 0.3) is 11.8 Å². The molecule has 7 heteroatoms. The smallest absolute Gasteiger partial charge is 0.270 e. The Morgan fingerprint density at radius 1 is 0.969 bits per heavy atom. The molecule has 1 aliphatic heterocycles. The van der Waals surface area contributed by atoms with Crippen molar-refractivity contribution in [2.75, 3.05) is 4.90 Å². The number of aromatic nitrogens is 1. The van der Waals surface area contributed by atoms with Crippen LogP contribution >= 0.6 is 28.1 Å². The van der Waals surface area contributed by atoms with E-state index < -0.39 is 11.8 Å². The predicted octanol–water partition coefficient (Wildman–Crippen LogP) is 5.30. The minimum absolute atomic E-state index is 0.0480. The van der Waals surface area contributed by atoms with Crippen molar-refractivity contribution >= 4 is 56.8 Å². The van der Waals surface area contributed by atoms with Crippen LogP contribution in [-0.2, 0) is 9.59 Å². The Labute approximate surface area is 200 Å². The van der Waals surface area contributed by atoms with Gasteiger partial charge in [-0.3, -0.25) is 19.8 Å². The predicted molar refractivity (Wildman–Crippen MR) is 135 cm³/mol. The number of aryl methyl sites for hydroxylation is 2. The van der Waals surface area contributed by atoms with Gasteiger partial charge in [0.05, 0.1) is 11.4 Å². The van der Waals surface area contributed by atoms with Crippen molar-refractivity contribution in [2.45, 2.75) is 27.7 Å². The van der Waals surface area contributed by atoms with E-state index in [-0.39, 0.29) is 10.7 Å². The van der Waals surface area contributed by atoms with Crippen LogP contribution < -0.4 is 10.2 Å². The Kier molecular flexibility index (Phi) is 5.88. The molecule has 32 heavy (non-hydrogen) atoms. The number of carbonyl (C=O) groups is 2. The van der Waals surface area contributed by atoms with Crippen molar-refractivity contribution in [3.63, 3.8) is 0 Å². The first-order valence-electron chi connectivity index (χ1n) is 10.1. The van der Waals surface area contributed by atoms with Gasteiger partial charge in [-0.05, 0) is 103 Å². The molecule has 0 spiro atoms. The van der Waals surface area contributed by atoms with Gasteiger partial charge in [-0.15, -0.1) is 0 Å². The van der Waals surface area contributed by atoms with Crippen LogP contribution in [0.5, 0.6) is 0 Å². The number of thiocarbonyl (C=S) groups is 1. The molecule has 0 bridgehead atoms. The van der Waals surface area contributed by atoms with Gasteiger partial charge in [-0.1, -0.05) is 24.3 Å². The summed E-state index contributed by atoms with van der Waals surface area (Å²) in [7, 11) is 0. The summed E-state index contributed by atoms with van der Waals surface area (Å²) in [6.45, 7) is 7.87. The molecule has 0 unspecified atom stereocenters. The minimum Gasteiger partial charge on any atom is -0.317 e. The SMILES string of the molecule is Cc1cccc(N2C(=O)/C(=C/c3cc(C)n(-c4ccccc4Br)c3C)C(=O)NC2=S)c1C. The summed E-state index contributed by atoms with van der Waals surface area (Å²) in [4.78, 5) is 27.6. The first-order valence-corrected chi connectivity index (χ1v) is 11.3. The molecular formula is C25H22BrN3O2S. The maximum absolute atomic E-state index is 13.4. The average molecular weight is 508 g/mol. The number of carbonyl (C=O) groups excluding carboxylic acids is 2. The Morgan fingerprint density at radius 2 is 1.66 bits per heavy atom. The number of rotatable bonds is 3. The number of hydrogen-bond acceptors (Lipinski definition) is 3. The summed E-state index contributed by atoms with van der Waals surface area (Å²) in [6, 6.07) is 15.6. The van der Waals surface area contributed by atoms with Crippen molar-refractivity contribution in [1.29, 1.82) is 0 Å². The van der Waals surface area contributed by atoms with Crippen LogP contribution in [0, 0.1) is 27.7 Å². The molecule has 0 aliphatic carbocycles. The highest BCUT2D eigenvalue weighted by Gasteiger charge is 2.35. The molecule has 1 saturated heterocycles. The van der Waals surface area contributed by atoms with E-state index in [1.54, 1.807) is 6.08 Å². The molecule has 5 nitrogen and oxygen atoms in total. The zero-order valence-electron chi connectivity index (χ0n) is 18.2. The second-order valence-electron chi connectivity index (χ2n) is 7.79. The summed E-state index contributed by atoms with van der Waals surface area (Å²) < 4.78 is 3.05. The maximum Gasteiger partial charge on any atom is 0.270 e. The van der Waals surface area contributed by atoms with E-state index in [0.29, 0.717) is 5.69 Å². The van der Waals surface area contributed by atoms with Gasteiger partial charge < -0.3 is 4.57 Å². The fourth-order valence-electron chi connectivity index (χ4n) is 3.95. The molecule has 3 aromatic rings. The third kappa shape index (κ3) is 3.72. The lowest BCUT2D eigenvalue weighted by atomic mass is 10.0. The van der Waals surface area contributed by atoms with E-state index in [2.05, 4.69) is 25.8 Å². The van der Waals surface area contributed by atoms with Crippen molar-refractivity contribution in [3.05, 3.63) is 86.7 Å². The molecule has 1 fully saturated rings. The van der Waals surface area contributed by atoms with Crippen LogP contribution in [-0.4, -0.2) is 21.5 Å². The van der Waals surface area contributed by atoms with Gasteiger partial charge in [0.2, 0.25) is 0 Å². The molecule has 2 amide bonds. The summed E-state index contributed by atoms with van der Waals surface area (Å²) in [6.07, 6.45) is 1.65. The highest BCUT2D eigenvalue weighted by atomic mass is 79.9. The minimum atomic E-state index is -0.493. The zero-order chi connectivity index (χ0) is 23.2. The lowest BCUT2D eigenvalue weighted by molar-refractivity contribution is -0.122. The summed E-state index contributed by atoms with van der Waals surface area (Å²) >= 11 is 8.95. The standard InChI is InChI=1S/C25H22BrN3O2S/c1-14-8-7-11-21(16(14)3)29-24(31)19(23(30)27-25(29)32)13-18-12-15(2)28(17(18)4)22-10-6-5-9-20(22)26/h5-13H,1-4H3,(H,27,30,32)/b19-13+. The molecule has 162 valence electrons. The number of benzene rings is 2. The number of amides is 2. The largest absolute Gasteiger partial charge is 0.317 e. The highest BCUT2D eigenvalue weighted by Crippen LogP contribution is 2.30. The summed E-state index contributed by atoms with van der Waals surface area (Å²) in [5.74, 6) is -0.926. The summed E-state index contributed by atoms with van der Waals surface area (Å²) in [5.41, 5.74) is 6.40. The van der Waals surface area contributed by atoms with Crippen LogP contribution in [0.15, 0.2) is 58.6 Å². The van der Waals surface area contributed by atoms with Gasteiger partial charge in [-0.2, -0.15) is 0 Å². The molecule has 1 aromatic heterocycles. The molecule has 0 saturated carbocycles. The molecule has 4 rings (SSSR count). The molecule has 1 aliphatic rings. The number of para-hydroxylation sites is 1. The van der Waals surface area contributed by atoms with Crippen LogP contribution in [0.4, 0.5) is 5.69 Å². The van der Waals surface area contributed by atoms with Crippen molar-refractivity contribution in [3.8, 4) is 5.69 Å². The molecule has 0 atom stereocenters. The third-order valence-corrected chi connectivity index (χ3v) is 6.74. The van der Waals surface area contributed by atoms with E-state index in [1.807, 2.05) is 76.2 Å². The molecule has 1 N–H and O–H groups in total. The topological polar surface area (TPSA) is 54.3 Å². The molecular weight excluding hydrogens is 486 g/mol. The van der Waals surface area contributed by atoms with E-state index in [4.69, 9.17) is 12.2 Å². The number of nitrogens with zero attached hydrogens (tertiary/aromatic N) is 2. The van der Waals surface area contributed by atoms with Gasteiger partial charge >= 0.3 is 0 Å². The fraction of sp³-hybridized carbons (Fsp3) is 0.160. The van der Waals surface area contributed by atoms with Crippen LogP contribution in [0.1, 0.15) is 28.1 Å². The van der Waals surface area contributed by atoms with E-state index in [1.165, 1.54) is 4.90 Å². The Morgan fingerprint density at radius 3 is 2.38 bits per heavy atom. The lowest BCUT2D eigenvalue weighted by Gasteiger charge is -2.30. The first-order chi connectivity index (χ1) is 15.2. The second-order valence-corrected chi connectivity index (χ2v) is 9.03. The van der Waals surface area contributed by atoms with Crippen LogP contribution in [0.2, 0.25) is 0 Å². The van der Waals surface area contributed by atoms with Crippen molar-refractivity contribution in [2.24, 2.45) is 0 Å². The number of anilines is 1. The monoisotopic (exact) mass is 507 g/mol. The molecule has 2 aromatic carbocycles. The average Bonchev–Trinajstić information content (AvgIpc) is 3.01.